The Bertz CT molecular complexity index is 619. The molecular weight excluding hydrogens is 296 g/mol. The van der Waals surface area contributed by atoms with E-state index in [9.17, 15) is 9.59 Å². The topological polar surface area (TPSA) is 87.9 Å². The molecule has 1 atom stereocenters. The van der Waals surface area contributed by atoms with Gasteiger partial charge in [-0.2, -0.15) is 0 Å². The van der Waals surface area contributed by atoms with E-state index in [-0.39, 0.29) is 18.0 Å². The molecule has 2 saturated heterocycles. The monoisotopic (exact) mass is 318 g/mol. The Morgan fingerprint density at radius 2 is 2.26 bits per heavy atom. The van der Waals surface area contributed by atoms with E-state index in [1.165, 1.54) is 0 Å². The normalized spacial score (nSPS) is 20.8. The van der Waals surface area contributed by atoms with Crippen LogP contribution >= 0.6 is 0 Å². The number of urea groups is 1. The van der Waals surface area contributed by atoms with Crippen LogP contribution in [0.15, 0.2) is 18.2 Å². The van der Waals surface area contributed by atoms with Crippen molar-refractivity contribution in [1.29, 1.82) is 0 Å². The van der Waals surface area contributed by atoms with E-state index >= 15 is 0 Å². The highest BCUT2D eigenvalue weighted by atomic mass is 16.5. The van der Waals surface area contributed by atoms with E-state index in [2.05, 4.69) is 5.32 Å². The van der Waals surface area contributed by atoms with Crippen molar-refractivity contribution in [1.82, 2.24) is 10.2 Å². The Morgan fingerprint density at radius 3 is 2.91 bits per heavy atom. The lowest BCUT2D eigenvalue weighted by Crippen LogP contribution is -2.40. The van der Waals surface area contributed by atoms with Gasteiger partial charge >= 0.3 is 6.03 Å². The molecule has 2 aliphatic heterocycles. The Kier molecular flexibility index (Phi) is 4.38. The lowest BCUT2D eigenvalue weighted by molar-refractivity contribution is 0.0741. The summed E-state index contributed by atoms with van der Waals surface area (Å²) in [6, 6.07) is 5.14. The summed E-state index contributed by atoms with van der Waals surface area (Å²) in [5.41, 5.74) is 6.94. The number of nitrogens with one attached hydrogen (secondary N) is 1. The minimum Gasteiger partial charge on any atom is -0.495 e. The van der Waals surface area contributed by atoms with Gasteiger partial charge in [0.15, 0.2) is 0 Å². The zero-order valence-electron chi connectivity index (χ0n) is 13.2. The second kappa shape index (κ2) is 6.45. The molecule has 3 rings (SSSR count). The lowest BCUT2D eigenvalue weighted by atomic mass is 10.1. The van der Waals surface area contributed by atoms with Crippen molar-refractivity contribution in [3.8, 4) is 5.75 Å². The van der Waals surface area contributed by atoms with Gasteiger partial charge in [0, 0.05) is 37.8 Å². The van der Waals surface area contributed by atoms with Crippen LogP contribution in [0, 0.1) is 0 Å². The number of nitrogens with zero attached hydrogens (tertiary/aromatic N) is 2. The summed E-state index contributed by atoms with van der Waals surface area (Å²) in [5.74, 6) is 0.539. The maximum absolute atomic E-state index is 12.8. The SMILES string of the molecule is COc1ccc(C(=O)N2CCCC2CN)cc1N1CCNC1=O. The van der Waals surface area contributed by atoms with E-state index in [0.29, 0.717) is 36.6 Å². The first-order valence-electron chi connectivity index (χ1n) is 7.90. The zero-order chi connectivity index (χ0) is 16.4. The smallest absolute Gasteiger partial charge is 0.322 e. The van der Waals surface area contributed by atoms with Crippen molar-refractivity contribution in [3.63, 3.8) is 0 Å². The van der Waals surface area contributed by atoms with Gasteiger partial charge < -0.3 is 20.7 Å². The number of hydrogen-bond donors (Lipinski definition) is 2. The van der Waals surface area contributed by atoms with Crippen LogP contribution < -0.4 is 20.7 Å². The van der Waals surface area contributed by atoms with Crippen LogP contribution in [0.5, 0.6) is 5.75 Å². The van der Waals surface area contributed by atoms with Crippen LogP contribution in [0.25, 0.3) is 0 Å². The minimum atomic E-state index is -0.172. The molecule has 7 nitrogen and oxygen atoms in total. The molecule has 124 valence electrons. The van der Waals surface area contributed by atoms with Crippen LogP contribution in [0.3, 0.4) is 0 Å². The summed E-state index contributed by atoms with van der Waals surface area (Å²) in [7, 11) is 1.55. The Balaban J connectivity index is 1.91. The Morgan fingerprint density at radius 1 is 1.43 bits per heavy atom. The fourth-order valence-electron chi connectivity index (χ4n) is 3.25. The number of carbonyl (C=O) groups is 2. The molecule has 7 heteroatoms. The maximum Gasteiger partial charge on any atom is 0.322 e. The third kappa shape index (κ3) is 2.84. The number of rotatable bonds is 4. The molecule has 1 unspecified atom stereocenters. The first-order chi connectivity index (χ1) is 11.2. The maximum atomic E-state index is 12.8. The van der Waals surface area contributed by atoms with E-state index in [4.69, 9.17) is 10.5 Å². The second-order valence-electron chi connectivity index (χ2n) is 5.80. The summed E-state index contributed by atoms with van der Waals surface area (Å²) in [4.78, 5) is 28.1. The van der Waals surface area contributed by atoms with Crippen molar-refractivity contribution in [3.05, 3.63) is 23.8 Å². The van der Waals surface area contributed by atoms with Crippen molar-refractivity contribution in [2.75, 3.05) is 38.2 Å². The van der Waals surface area contributed by atoms with Gasteiger partial charge in [0.05, 0.1) is 12.8 Å². The fraction of sp³-hybridized carbons (Fsp3) is 0.500. The molecule has 0 spiro atoms. The number of ether oxygens (including phenoxy) is 1. The highest BCUT2D eigenvalue weighted by molar-refractivity contribution is 6.00. The second-order valence-corrected chi connectivity index (χ2v) is 5.80. The third-order valence-corrected chi connectivity index (χ3v) is 4.48. The van der Waals surface area contributed by atoms with Gasteiger partial charge in [-0.3, -0.25) is 9.69 Å². The zero-order valence-corrected chi connectivity index (χ0v) is 13.2. The molecule has 0 radical (unpaired) electrons. The number of anilines is 1. The van der Waals surface area contributed by atoms with Gasteiger partial charge in [0.1, 0.15) is 5.75 Å². The largest absolute Gasteiger partial charge is 0.495 e. The minimum absolute atomic E-state index is 0.0403. The third-order valence-electron chi connectivity index (χ3n) is 4.48. The quantitative estimate of drug-likeness (QED) is 0.859. The first kappa shape index (κ1) is 15.6. The standard InChI is InChI=1S/C16H22N4O3/c1-23-14-5-4-11(9-13(14)20-8-6-18-16(20)22)15(21)19-7-2-3-12(19)10-17/h4-5,9,12H,2-3,6-8,10,17H2,1H3,(H,18,22). The van der Waals surface area contributed by atoms with Gasteiger partial charge in [-0.1, -0.05) is 0 Å². The predicted molar refractivity (Wildman–Crippen MR) is 86.9 cm³/mol. The molecule has 2 heterocycles. The van der Waals surface area contributed by atoms with Gasteiger partial charge in [0.25, 0.3) is 5.91 Å². The number of likely N-dealkylation sites (tertiary alicyclic amines) is 1. The van der Waals surface area contributed by atoms with E-state index < -0.39 is 0 Å². The highest BCUT2D eigenvalue weighted by Gasteiger charge is 2.30. The summed E-state index contributed by atoms with van der Waals surface area (Å²) in [5, 5.41) is 2.76. The number of hydrogen-bond acceptors (Lipinski definition) is 4. The van der Waals surface area contributed by atoms with Gasteiger partial charge in [0.2, 0.25) is 0 Å². The molecule has 0 saturated carbocycles. The van der Waals surface area contributed by atoms with Crippen LogP contribution in [-0.2, 0) is 0 Å². The van der Waals surface area contributed by atoms with E-state index in [1.54, 1.807) is 30.2 Å². The number of amides is 3. The molecule has 2 aliphatic rings. The number of methoxy groups -OCH3 is 1. The van der Waals surface area contributed by atoms with Crippen molar-refractivity contribution in [2.24, 2.45) is 5.73 Å². The fourth-order valence-corrected chi connectivity index (χ4v) is 3.25. The van der Waals surface area contributed by atoms with Crippen molar-refractivity contribution >= 4 is 17.6 Å². The average molecular weight is 318 g/mol. The molecule has 0 bridgehead atoms. The van der Waals surface area contributed by atoms with Gasteiger partial charge in [-0.25, -0.2) is 4.79 Å². The molecule has 1 aromatic rings. The number of carbonyl (C=O) groups excluding carboxylic acids is 2. The number of benzene rings is 1. The van der Waals surface area contributed by atoms with Gasteiger partial charge in [-0.15, -0.1) is 0 Å². The molecule has 3 N–H and O–H groups in total. The lowest BCUT2D eigenvalue weighted by Gasteiger charge is -2.25. The van der Waals surface area contributed by atoms with Crippen molar-refractivity contribution < 1.29 is 14.3 Å². The highest BCUT2D eigenvalue weighted by Crippen LogP contribution is 2.31. The average Bonchev–Trinajstić information content (AvgIpc) is 3.22. The van der Waals surface area contributed by atoms with Gasteiger partial charge in [-0.05, 0) is 31.0 Å². The van der Waals surface area contributed by atoms with Crippen LogP contribution in [0.2, 0.25) is 0 Å². The van der Waals surface area contributed by atoms with E-state index in [0.717, 1.165) is 19.4 Å². The van der Waals surface area contributed by atoms with E-state index in [1.807, 2.05) is 4.90 Å². The molecule has 3 amide bonds. The Labute approximate surface area is 135 Å². The summed E-state index contributed by atoms with van der Waals surface area (Å²) >= 11 is 0. The summed E-state index contributed by atoms with van der Waals surface area (Å²) in [6.45, 7) is 2.35. The molecule has 2 fully saturated rings. The first-order valence-corrected chi connectivity index (χ1v) is 7.90. The van der Waals surface area contributed by atoms with Crippen LogP contribution in [-0.4, -0.2) is 56.2 Å². The molecule has 23 heavy (non-hydrogen) atoms. The van der Waals surface area contributed by atoms with Crippen LogP contribution in [0.4, 0.5) is 10.5 Å². The molecular formula is C16H22N4O3. The Hall–Kier alpha value is -2.28. The molecule has 0 aromatic heterocycles. The van der Waals surface area contributed by atoms with Crippen LogP contribution in [0.1, 0.15) is 23.2 Å². The summed E-state index contributed by atoms with van der Waals surface area (Å²) < 4.78 is 5.34. The number of nitrogens with two attached hydrogens (primary N) is 1. The predicted octanol–water partition coefficient (Wildman–Crippen LogP) is 0.788. The molecule has 0 aliphatic carbocycles. The molecule has 1 aromatic carbocycles. The van der Waals surface area contributed by atoms with Crippen molar-refractivity contribution in [2.45, 2.75) is 18.9 Å². The summed E-state index contributed by atoms with van der Waals surface area (Å²) in [6.07, 6.45) is 1.92.